The minimum absolute atomic E-state index is 0.0202. The average molecular weight is 379 g/mol. The quantitative estimate of drug-likeness (QED) is 0.310. The van der Waals surface area contributed by atoms with E-state index in [0.717, 1.165) is 56.9 Å². The average Bonchev–Trinajstić information content (AvgIpc) is 3.14. The lowest BCUT2D eigenvalue weighted by Gasteiger charge is -2.27. The van der Waals surface area contributed by atoms with Gasteiger partial charge in [0.2, 0.25) is 5.88 Å². The summed E-state index contributed by atoms with van der Waals surface area (Å²) < 4.78 is 11.4. The Hall–Kier alpha value is -1.86. The maximum Gasteiger partial charge on any atom is 0.218 e. The number of pyridine rings is 1. The first-order valence-electron chi connectivity index (χ1n) is 10.0. The molecule has 0 bridgehead atoms. The zero-order valence-corrected chi connectivity index (χ0v) is 16.7. The molecular formula is C20H34N4O3. The lowest BCUT2D eigenvalue weighted by atomic mass is 9.84. The monoisotopic (exact) mass is 378 g/mol. The van der Waals surface area contributed by atoms with Gasteiger partial charge in [-0.2, -0.15) is 0 Å². The summed E-state index contributed by atoms with van der Waals surface area (Å²) in [7, 11) is 0. The standard InChI is InChI=1S/C20H34N4O3/c1-3-5-12-27-18-17(7-6-10-22-18)14-23-19(21-4-2)24-15-20(8-11-25)9-13-26-16-20/h6-7,10,25H,3-5,8-9,11-16H2,1-2H3,(H2,21,23,24). The van der Waals surface area contributed by atoms with Crippen molar-refractivity contribution in [2.45, 2.75) is 46.1 Å². The molecule has 1 aliphatic heterocycles. The molecule has 1 aromatic rings. The second-order valence-electron chi connectivity index (χ2n) is 6.99. The summed E-state index contributed by atoms with van der Waals surface area (Å²) in [5, 5.41) is 16.1. The van der Waals surface area contributed by atoms with Gasteiger partial charge in [-0.1, -0.05) is 19.4 Å². The van der Waals surface area contributed by atoms with Crippen LogP contribution in [0.5, 0.6) is 5.88 Å². The number of hydrogen-bond donors (Lipinski definition) is 3. The van der Waals surface area contributed by atoms with Gasteiger partial charge in [0.15, 0.2) is 5.96 Å². The summed E-state index contributed by atoms with van der Waals surface area (Å²) in [6, 6.07) is 3.91. The summed E-state index contributed by atoms with van der Waals surface area (Å²) >= 11 is 0. The Balaban J connectivity index is 1.98. The van der Waals surface area contributed by atoms with Crippen LogP contribution in [-0.4, -0.2) is 55.6 Å². The van der Waals surface area contributed by atoms with Gasteiger partial charge in [0, 0.05) is 43.5 Å². The number of unbranched alkanes of at least 4 members (excludes halogenated alkanes) is 1. The van der Waals surface area contributed by atoms with Crippen molar-refractivity contribution in [3.05, 3.63) is 23.9 Å². The number of rotatable bonds is 11. The van der Waals surface area contributed by atoms with Gasteiger partial charge in [0.1, 0.15) is 0 Å². The van der Waals surface area contributed by atoms with Crippen molar-refractivity contribution in [3.8, 4) is 5.88 Å². The summed E-state index contributed by atoms with van der Waals surface area (Å²) in [6.45, 7) is 8.46. The maximum absolute atomic E-state index is 9.38. The lowest BCUT2D eigenvalue weighted by molar-refractivity contribution is 0.127. The molecule has 1 fully saturated rings. The molecule has 7 heteroatoms. The van der Waals surface area contributed by atoms with Gasteiger partial charge in [0.25, 0.3) is 0 Å². The van der Waals surface area contributed by atoms with Gasteiger partial charge in [-0.3, -0.25) is 0 Å². The zero-order valence-electron chi connectivity index (χ0n) is 16.7. The number of aromatic nitrogens is 1. The molecular weight excluding hydrogens is 344 g/mol. The normalized spacial score (nSPS) is 19.9. The highest BCUT2D eigenvalue weighted by molar-refractivity contribution is 5.79. The molecule has 2 heterocycles. The largest absolute Gasteiger partial charge is 0.477 e. The van der Waals surface area contributed by atoms with E-state index in [2.05, 4.69) is 22.5 Å². The molecule has 0 radical (unpaired) electrons. The summed E-state index contributed by atoms with van der Waals surface area (Å²) in [5.74, 6) is 1.41. The van der Waals surface area contributed by atoms with Crippen LogP contribution in [0.15, 0.2) is 23.3 Å². The molecule has 0 spiro atoms. The third-order valence-corrected chi connectivity index (χ3v) is 4.80. The molecule has 1 saturated heterocycles. The molecule has 2 rings (SSSR count). The number of guanidine groups is 1. The van der Waals surface area contributed by atoms with E-state index in [1.54, 1.807) is 6.20 Å². The van der Waals surface area contributed by atoms with Crippen LogP contribution in [0.1, 0.15) is 45.1 Å². The smallest absolute Gasteiger partial charge is 0.218 e. The van der Waals surface area contributed by atoms with E-state index in [-0.39, 0.29) is 12.0 Å². The highest BCUT2D eigenvalue weighted by atomic mass is 16.5. The SMILES string of the molecule is CCCCOc1ncccc1CN=C(NCC)NCC1(CCO)CCOC1. The fraction of sp³-hybridized carbons (Fsp3) is 0.700. The van der Waals surface area contributed by atoms with Crippen molar-refractivity contribution in [3.63, 3.8) is 0 Å². The predicted octanol–water partition coefficient (Wildman–Crippen LogP) is 2.10. The van der Waals surface area contributed by atoms with Gasteiger partial charge in [-0.05, 0) is 32.3 Å². The lowest BCUT2D eigenvalue weighted by Crippen LogP contribution is -2.44. The maximum atomic E-state index is 9.38. The molecule has 1 aromatic heterocycles. The number of hydrogen-bond acceptors (Lipinski definition) is 5. The first kappa shape index (κ1) is 21.4. The van der Waals surface area contributed by atoms with Crippen molar-refractivity contribution in [2.24, 2.45) is 10.4 Å². The first-order chi connectivity index (χ1) is 13.2. The molecule has 7 nitrogen and oxygen atoms in total. The van der Waals surface area contributed by atoms with Crippen LogP contribution in [-0.2, 0) is 11.3 Å². The van der Waals surface area contributed by atoms with E-state index in [1.807, 2.05) is 19.1 Å². The van der Waals surface area contributed by atoms with Crippen LogP contribution in [0.25, 0.3) is 0 Å². The van der Waals surface area contributed by atoms with Crippen LogP contribution in [0, 0.1) is 5.41 Å². The molecule has 0 aliphatic carbocycles. The van der Waals surface area contributed by atoms with Crippen molar-refractivity contribution < 1.29 is 14.6 Å². The fourth-order valence-electron chi connectivity index (χ4n) is 3.08. The van der Waals surface area contributed by atoms with Crippen molar-refractivity contribution in [1.82, 2.24) is 15.6 Å². The number of aliphatic imine (C=N–C) groups is 1. The summed E-state index contributed by atoms with van der Waals surface area (Å²) in [4.78, 5) is 9.04. The molecule has 0 amide bonds. The Morgan fingerprint density at radius 2 is 2.30 bits per heavy atom. The van der Waals surface area contributed by atoms with Gasteiger partial charge in [0.05, 0.1) is 19.8 Å². The second-order valence-corrected chi connectivity index (χ2v) is 6.99. The molecule has 1 aliphatic rings. The number of aliphatic hydroxyl groups excluding tert-OH is 1. The zero-order chi connectivity index (χ0) is 19.4. The van der Waals surface area contributed by atoms with E-state index in [1.165, 1.54) is 0 Å². The number of nitrogens with zero attached hydrogens (tertiary/aromatic N) is 2. The van der Waals surface area contributed by atoms with Crippen LogP contribution >= 0.6 is 0 Å². The highest BCUT2D eigenvalue weighted by Crippen LogP contribution is 2.31. The fourth-order valence-corrected chi connectivity index (χ4v) is 3.08. The number of aliphatic hydroxyl groups is 1. The number of nitrogens with one attached hydrogen (secondary N) is 2. The first-order valence-corrected chi connectivity index (χ1v) is 10.0. The Labute approximate surface area is 162 Å². The van der Waals surface area contributed by atoms with E-state index < -0.39 is 0 Å². The van der Waals surface area contributed by atoms with Crippen LogP contribution < -0.4 is 15.4 Å². The Morgan fingerprint density at radius 3 is 3.00 bits per heavy atom. The molecule has 0 saturated carbocycles. The van der Waals surface area contributed by atoms with Gasteiger partial charge >= 0.3 is 0 Å². The molecule has 1 unspecified atom stereocenters. The Kier molecular flexibility index (Phi) is 9.35. The Bertz CT molecular complexity index is 574. The third kappa shape index (κ3) is 6.99. The molecule has 3 N–H and O–H groups in total. The molecule has 27 heavy (non-hydrogen) atoms. The van der Waals surface area contributed by atoms with Crippen molar-refractivity contribution >= 4 is 5.96 Å². The summed E-state index contributed by atoms with van der Waals surface area (Å²) in [6.07, 6.45) is 5.54. The van der Waals surface area contributed by atoms with Crippen molar-refractivity contribution in [2.75, 3.05) is 39.5 Å². The van der Waals surface area contributed by atoms with Gasteiger partial charge in [-0.25, -0.2) is 9.98 Å². The minimum Gasteiger partial charge on any atom is -0.477 e. The topological polar surface area (TPSA) is 88.0 Å². The number of ether oxygens (including phenoxy) is 2. The minimum atomic E-state index is -0.0202. The third-order valence-electron chi connectivity index (χ3n) is 4.80. The highest BCUT2D eigenvalue weighted by Gasteiger charge is 2.34. The Morgan fingerprint density at radius 1 is 1.41 bits per heavy atom. The molecule has 0 aromatic carbocycles. The predicted molar refractivity (Wildman–Crippen MR) is 107 cm³/mol. The molecule has 152 valence electrons. The van der Waals surface area contributed by atoms with E-state index in [9.17, 15) is 5.11 Å². The van der Waals surface area contributed by atoms with Gasteiger partial charge < -0.3 is 25.2 Å². The van der Waals surface area contributed by atoms with E-state index in [4.69, 9.17) is 14.5 Å². The van der Waals surface area contributed by atoms with E-state index >= 15 is 0 Å². The summed E-state index contributed by atoms with van der Waals surface area (Å²) in [5.41, 5.74) is 0.952. The van der Waals surface area contributed by atoms with Crippen molar-refractivity contribution in [1.29, 1.82) is 0 Å². The van der Waals surface area contributed by atoms with Crippen LogP contribution in [0.3, 0.4) is 0 Å². The van der Waals surface area contributed by atoms with Crippen LogP contribution in [0.4, 0.5) is 0 Å². The molecule has 1 atom stereocenters. The second kappa shape index (κ2) is 11.8. The van der Waals surface area contributed by atoms with Crippen LogP contribution in [0.2, 0.25) is 0 Å². The van der Waals surface area contributed by atoms with Gasteiger partial charge in [-0.15, -0.1) is 0 Å². The van der Waals surface area contributed by atoms with E-state index in [0.29, 0.717) is 25.6 Å².